The van der Waals surface area contributed by atoms with Gasteiger partial charge in [0.25, 0.3) is 10.9 Å². The molecule has 0 N–H and O–H groups in total. The molecule has 0 amide bonds. The summed E-state index contributed by atoms with van der Waals surface area (Å²) in [5.74, 6) is 0.473. The van der Waals surface area contributed by atoms with Crippen molar-refractivity contribution in [1.29, 1.82) is 0 Å². The Hall–Kier alpha value is -2.67. The highest BCUT2D eigenvalue weighted by molar-refractivity contribution is 7.99. The average molecular weight is 355 g/mol. The van der Waals surface area contributed by atoms with E-state index < -0.39 is 4.92 Å². The molecule has 128 valence electrons. The lowest BCUT2D eigenvalue weighted by Crippen LogP contribution is -1.92. The van der Waals surface area contributed by atoms with Gasteiger partial charge < -0.3 is 4.42 Å². The molecule has 1 heterocycles. The highest BCUT2D eigenvalue weighted by Gasteiger charge is 2.16. The first-order chi connectivity index (χ1) is 11.9. The molecular weight excluding hydrogens is 338 g/mol. The van der Waals surface area contributed by atoms with E-state index >= 15 is 0 Å². The summed E-state index contributed by atoms with van der Waals surface area (Å²) in [5.41, 5.74) is 4.07. The SMILES string of the molecule is Cc1cc(C)cc(-c2nnc(S[C@@H](C)c3cccc([N+](=O)[O-])c3)o2)c1. The fourth-order valence-electron chi connectivity index (χ4n) is 2.58. The predicted octanol–water partition coefficient (Wildman–Crippen LogP) is 5.11. The molecule has 3 rings (SSSR count). The lowest BCUT2D eigenvalue weighted by atomic mass is 10.1. The van der Waals surface area contributed by atoms with Crippen LogP contribution in [0.5, 0.6) is 0 Å². The minimum atomic E-state index is -0.397. The van der Waals surface area contributed by atoms with Gasteiger partial charge in [0.05, 0.1) is 4.92 Å². The summed E-state index contributed by atoms with van der Waals surface area (Å²) in [4.78, 5) is 10.5. The smallest absolute Gasteiger partial charge is 0.277 e. The summed E-state index contributed by atoms with van der Waals surface area (Å²) in [6.07, 6.45) is 0. The van der Waals surface area contributed by atoms with Crippen molar-refractivity contribution < 1.29 is 9.34 Å². The topological polar surface area (TPSA) is 82.1 Å². The number of aromatic nitrogens is 2. The highest BCUT2D eigenvalue weighted by atomic mass is 32.2. The van der Waals surface area contributed by atoms with Crippen LogP contribution in [0.3, 0.4) is 0 Å². The molecule has 0 radical (unpaired) electrons. The monoisotopic (exact) mass is 355 g/mol. The molecule has 0 aliphatic rings. The molecule has 1 atom stereocenters. The Morgan fingerprint density at radius 1 is 1.12 bits per heavy atom. The number of hydrogen-bond acceptors (Lipinski definition) is 6. The zero-order chi connectivity index (χ0) is 18.0. The van der Waals surface area contributed by atoms with Gasteiger partial charge in [-0.1, -0.05) is 41.1 Å². The average Bonchev–Trinajstić information content (AvgIpc) is 3.02. The minimum Gasteiger partial charge on any atom is -0.411 e. The first-order valence-electron chi connectivity index (χ1n) is 7.75. The maximum Gasteiger partial charge on any atom is 0.277 e. The number of rotatable bonds is 5. The summed E-state index contributed by atoms with van der Waals surface area (Å²) in [5, 5.41) is 19.5. The second kappa shape index (κ2) is 7.06. The van der Waals surface area contributed by atoms with E-state index in [4.69, 9.17) is 4.42 Å². The van der Waals surface area contributed by atoms with Gasteiger partial charge in [0, 0.05) is 22.9 Å². The second-order valence-electron chi connectivity index (χ2n) is 5.86. The van der Waals surface area contributed by atoms with Crippen LogP contribution in [0.25, 0.3) is 11.5 Å². The Morgan fingerprint density at radius 2 is 1.84 bits per heavy atom. The van der Waals surface area contributed by atoms with E-state index in [1.807, 2.05) is 39.0 Å². The molecule has 0 fully saturated rings. The van der Waals surface area contributed by atoms with Crippen LogP contribution in [0.2, 0.25) is 0 Å². The van der Waals surface area contributed by atoms with Gasteiger partial charge in [-0.25, -0.2) is 0 Å². The number of hydrogen-bond donors (Lipinski definition) is 0. The lowest BCUT2D eigenvalue weighted by molar-refractivity contribution is -0.384. The standard InChI is InChI=1S/C18H17N3O3S/c1-11-7-12(2)9-15(8-11)17-19-20-18(24-17)25-13(3)14-5-4-6-16(10-14)21(22)23/h4-10,13H,1-3H3/t13-/m0/s1. The maximum absolute atomic E-state index is 10.9. The van der Waals surface area contributed by atoms with Gasteiger partial charge >= 0.3 is 0 Å². The third-order valence-corrected chi connectivity index (χ3v) is 4.70. The van der Waals surface area contributed by atoms with Crippen molar-refractivity contribution in [1.82, 2.24) is 10.2 Å². The van der Waals surface area contributed by atoms with E-state index in [2.05, 4.69) is 16.3 Å². The van der Waals surface area contributed by atoms with Crippen LogP contribution < -0.4 is 0 Å². The zero-order valence-corrected chi connectivity index (χ0v) is 14.9. The Kier molecular flexibility index (Phi) is 4.85. The van der Waals surface area contributed by atoms with Crippen LogP contribution in [0.1, 0.15) is 28.9 Å². The third-order valence-electron chi connectivity index (χ3n) is 3.70. The molecule has 0 saturated heterocycles. The molecule has 6 nitrogen and oxygen atoms in total. The van der Waals surface area contributed by atoms with E-state index in [1.54, 1.807) is 12.1 Å². The minimum absolute atomic E-state index is 0.0487. The van der Waals surface area contributed by atoms with Crippen LogP contribution in [-0.2, 0) is 0 Å². The molecule has 2 aromatic carbocycles. The molecule has 0 unspecified atom stereocenters. The Morgan fingerprint density at radius 3 is 2.52 bits per heavy atom. The first kappa shape index (κ1) is 17.2. The van der Waals surface area contributed by atoms with Crippen molar-refractivity contribution in [3.05, 3.63) is 69.3 Å². The van der Waals surface area contributed by atoms with E-state index in [-0.39, 0.29) is 10.9 Å². The quantitative estimate of drug-likeness (QED) is 0.359. The molecule has 25 heavy (non-hydrogen) atoms. The number of nitro benzene ring substituents is 1. The summed E-state index contributed by atoms with van der Waals surface area (Å²) < 4.78 is 5.76. The molecular formula is C18H17N3O3S. The molecule has 0 saturated carbocycles. The molecule has 7 heteroatoms. The van der Waals surface area contributed by atoms with Crippen LogP contribution in [0.4, 0.5) is 5.69 Å². The number of aryl methyl sites for hydroxylation is 2. The Balaban J connectivity index is 1.79. The third kappa shape index (κ3) is 4.06. The van der Waals surface area contributed by atoms with E-state index in [0.717, 1.165) is 22.3 Å². The van der Waals surface area contributed by atoms with Gasteiger partial charge in [0.1, 0.15) is 0 Å². The Bertz CT molecular complexity index is 903. The van der Waals surface area contributed by atoms with Crippen LogP contribution >= 0.6 is 11.8 Å². The first-order valence-corrected chi connectivity index (χ1v) is 8.63. The van der Waals surface area contributed by atoms with Crippen LogP contribution in [0, 0.1) is 24.0 Å². The largest absolute Gasteiger partial charge is 0.411 e. The normalized spacial score (nSPS) is 12.1. The summed E-state index contributed by atoms with van der Waals surface area (Å²) in [7, 11) is 0. The molecule has 0 bridgehead atoms. The lowest BCUT2D eigenvalue weighted by Gasteiger charge is -2.08. The fourth-order valence-corrected chi connectivity index (χ4v) is 3.38. The fraction of sp³-hybridized carbons (Fsp3) is 0.222. The predicted molar refractivity (Wildman–Crippen MR) is 96.6 cm³/mol. The van der Waals surface area contributed by atoms with Crippen LogP contribution in [-0.4, -0.2) is 15.1 Å². The summed E-state index contributed by atoms with van der Waals surface area (Å²) in [6.45, 7) is 5.99. The number of benzene rings is 2. The second-order valence-corrected chi connectivity index (χ2v) is 7.15. The van der Waals surface area contributed by atoms with Crippen molar-refractivity contribution in [3.63, 3.8) is 0 Å². The number of thioether (sulfide) groups is 1. The van der Waals surface area contributed by atoms with E-state index in [0.29, 0.717) is 11.1 Å². The molecule has 0 aliphatic carbocycles. The van der Waals surface area contributed by atoms with Gasteiger partial charge in [-0.3, -0.25) is 10.1 Å². The van der Waals surface area contributed by atoms with Gasteiger partial charge in [-0.15, -0.1) is 10.2 Å². The van der Waals surface area contributed by atoms with Gasteiger partial charge in [0.2, 0.25) is 5.89 Å². The highest BCUT2D eigenvalue weighted by Crippen LogP contribution is 2.36. The number of nitrogens with zero attached hydrogens (tertiary/aromatic N) is 3. The van der Waals surface area contributed by atoms with Crippen molar-refractivity contribution in [3.8, 4) is 11.5 Å². The van der Waals surface area contributed by atoms with Gasteiger partial charge in [-0.2, -0.15) is 0 Å². The van der Waals surface area contributed by atoms with Gasteiger partial charge in [-0.05, 0) is 38.5 Å². The molecule has 3 aromatic rings. The Labute approximate surface area is 149 Å². The molecule has 1 aromatic heterocycles. The summed E-state index contributed by atoms with van der Waals surface area (Å²) >= 11 is 1.38. The maximum atomic E-state index is 10.9. The van der Waals surface area contributed by atoms with E-state index in [1.165, 1.54) is 17.8 Å². The van der Waals surface area contributed by atoms with Crippen molar-refractivity contribution in [2.75, 3.05) is 0 Å². The zero-order valence-electron chi connectivity index (χ0n) is 14.1. The van der Waals surface area contributed by atoms with Crippen molar-refractivity contribution in [2.45, 2.75) is 31.2 Å². The van der Waals surface area contributed by atoms with E-state index in [9.17, 15) is 10.1 Å². The summed E-state index contributed by atoms with van der Waals surface area (Å²) in [6, 6.07) is 12.7. The van der Waals surface area contributed by atoms with Crippen LogP contribution in [0.15, 0.2) is 52.1 Å². The number of non-ortho nitro benzene ring substituents is 1. The molecule has 0 aliphatic heterocycles. The number of nitro groups is 1. The van der Waals surface area contributed by atoms with Gasteiger partial charge in [0.15, 0.2) is 0 Å². The molecule has 0 spiro atoms. The van der Waals surface area contributed by atoms with Crippen molar-refractivity contribution >= 4 is 17.4 Å². The van der Waals surface area contributed by atoms with Crippen molar-refractivity contribution in [2.24, 2.45) is 0 Å².